The Kier molecular flexibility index (Phi) is 6.31. The Labute approximate surface area is 110 Å². The van der Waals surface area contributed by atoms with Gasteiger partial charge < -0.3 is 19.3 Å². The molecule has 0 saturated carbocycles. The minimum absolute atomic E-state index is 0.0443. The maximum Gasteiger partial charge on any atom is 0.333 e. The number of esters is 1. The molecule has 106 valence electrons. The van der Waals surface area contributed by atoms with Crippen molar-refractivity contribution < 1.29 is 24.1 Å². The molecule has 3 atom stereocenters. The van der Waals surface area contributed by atoms with E-state index < -0.39 is 24.2 Å². The van der Waals surface area contributed by atoms with Gasteiger partial charge in [-0.25, -0.2) is 4.79 Å². The number of carbonyl (C=O) groups is 1. The molecule has 0 spiro atoms. The van der Waals surface area contributed by atoms with Gasteiger partial charge in [0.15, 0.2) is 0 Å². The molecule has 0 aromatic heterocycles. The molecule has 0 aromatic rings. The number of aliphatic hydroxyl groups is 1. The molecule has 8 heteroatoms. The summed E-state index contributed by atoms with van der Waals surface area (Å²) in [5, 5.41) is 13.5. The first kappa shape index (κ1) is 15.5. The van der Waals surface area contributed by atoms with Crippen LogP contribution in [0, 0.1) is 0 Å². The Morgan fingerprint density at radius 3 is 3.00 bits per heavy atom. The maximum absolute atomic E-state index is 11.7. The van der Waals surface area contributed by atoms with Crippen LogP contribution in [0.5, 0.6) is 0 Å². The molecule has 0 radical (unpaired) electrons. The normalized spacial score (nSPS) is 26.3. The molecule has 3 unspecified atom stereocenters. The van der Waals surface area contributed by atoms with Gasteiger partial charge in [-0.3, -0.25) is 0 Å². The van der Waals surface area contributed by atoms with E-state index in [1.54, 1.807) is 6.92 Å². The van der Waals surface area contributed by atoms with Gasteiger partial charge in [-0.15, -0.1) is 0 Å². The van der Waals surface area contributed by atoms with Crippen LogP contribution in [0.15, 0.2) is 16.8 Å². The average molecular weight is 271 g/mol. The molecule has 8 nitrogen and oxygen atoms in total. The zero-order valence-corrected chi connectivity index (χ0v) is 10.9. The second kappa shape index (κ2) is 7.75. The summed E-state index contributed by atoms with van der Waals surface area (Å²) in [6.45, 7) is 1.89. The Balaban J connectivity index is 2.89. The third-order valence-electron chi connectivity index (χ3n) is 2.64. The van der Waals surface area contributed by atoms with E-state index in [0.29, 0.717) is 5.57 Å². The molecule has 1 rings (SSSR count). The van der Waals surface area contributed by atoms with Crippen molar-refractivity contribution in [1.82, 2.24) is 0 Å². The standard InChI is InChI=1S/C11H17N3O5/c1-3-18-11(16)7-4-8(13-14-12)10(15)9(5-7)19-6-17-2/h5,8-10,15H,3-4,6H2,1-2H3. The number of hydrogen-bond acceptors (Lipinski definition) is 6. The smallest absolute Gasteiger partial charge is 0.333 e. The number of aliphatic hydroxyl groups excluding tert-OH is 1. The SMILES string of the molecule is CCOC(=O)C1=CC(OCOC)C(O)C(N=[N+]=[N-])C1. The maximum atomic E-state index is 11.7. The number of rotatable bonds is 6. The van der Waals surface area contributed by atoms with Crippen molar-refractivity contribution in [2.45, 2.75) is 31.6 Å². The second-order valence-electron chi connectivity index (χ2n) is 3.92. The third kappa shape index (κ3) is 4.22. The van der Waals surface area contributed by atoms with Crippen LogP contribution in [-0.4, -0.2) is 49.8 Å². The van der Waals surface area contributed by atoms with Crippen LogP contribution < -0.4 is 0 Å². The van der Waals surface area contributed by atoms with Crippen LogP contribution >= 0.6 is 0 Å². The summed E-state index contributed by atoms with van der Waals surface area (Å²) in [6, 6.07) is -0.767. The van der Waals surface area contributed by atoms with Crippen LogP contribution in [0.25, 0.3) is 10.4 Å². The van der Waals surface area contributed by atoms with Gasteiger partial charge in [0, 0.05) is 17.6 Å². The molecule has 1 aliphatic rings. The molecule has 0 aromatic carbocycles. The number of hydrogen-bond donors (Lipinski definition) is 1. The lowest BCUT2D eigenvalue weighted by molar-refractivity contribution is -0.140. The number of methoxy groups -OCH3 is 1. The van der Waals surface area contributed by atoms with Gasteiger partial charge >= 0.3 is 5.97 Å². The number of nitrogens with zero attached hydrogens (tertiary/aromatic N) is 3. The van der Waals surface area contributed by atoms with Crippen LogP contribution in [0.4, 0.5) is 0 Å². The minimum Gasteiger partial charge on any atom is -0.463 e. The van der Waals surface area contributed by atoms with Gasteiger partial charge in [0.2, 0.25) is 0 Å². The topological polar surface area (TPSA) is 114 Å². The fourth-order valence-corrected chi connectivity index (χ4v) is 1.77. The average Bonchev–Trinajstić information content (AvgIpc) is 2.40. The van der Waals surface area contributed by atoms with Gasteiger partial charge in [0.1, 0.15) is 12.9 Å². The highest BCUT2D eigenvalue weighted by molar-refractivity contribution is 5.89. The zero-order valence-electron chi connectivity index (χ0n) is 10.9. The van der Waals surface area contributed by atoms with E-state index in [4.69, 9.17) is 19.7 Å². The molecular weight excluding hydrogens is 254 g/mol. The van der Waals surface area contributed by atoms with Crippen LogP contribution in [0.2, 0.25) is 0 Å². The molecule has 0 heterocycles. The summed E-state index contributed by atoms with van der Waals surface area (Å²) in [5.74, 6) is -0.501. The zero-order chi connectivity index (χ0) is 14.3. The van der Waals surface area contributed by atoms with Crippen molar-refractivity contribution in [3.05, 3.63) is 22.1 Å². The van der Waals surface area contributed by atoms with Crippen LogP contribution in [0.1, 0.15) is 13.3 Å². The summed E-state index contributed by atoms with van der Waals surface area (Å²) < 4.78 is 14.9. The molecule has 0 saturated heterocycles. The Bertz CT molecular complexity index is 392. The molecule has 1 N–H and O–H groups in total. The summed E-state index contributed by atoms with van der Waals surface area (Å²) in [7, 11) is 1.44. The van der Waals surface area contributed by atoms with Crippen LogP contribution in [0.3, 0.4) is 0 Å². The van der Waals surface area contributed by atoms with Gasteiger partial charge in [0.05, 0.1) is 18.8 Å². The van der Waals surface area contributed by atoms with Gasteiger partial charge in [-0.05, 0) is 25.0 Å². The number of azide groups is 1. The third-order valence-corrected chi connectivity index (χ3v) is 2.64. The first-order chi connectivity index (χ1) is 9.13. The molecule has 0 aliphatic heterocycles. The largest absolute Gasteiger partial charge is 0.463 e. The molecule has 0 bridgehead atoms. The van der Waals surface area contributed by atoms with Crippen LogP contribution in [-0.2, 0) is 19.0 Å². The lowest BCUT2D eigenvalue weighted by Gasteiger charge is -2.30. The van der Waals surface area contributed by atoms with Crippen molar-refractivity contribution in [2.75, 3.05) is 20.5 Å². The highest BCUT2D eigenvalue weighted by Gasteiger charge is 2.34. The minimum atomic E-state index is -1.02. The lowest BCUT2D eigenvalue weighted by atomic mass is 9.90. The fraction of sp³-hybridized carbons (Fsp3) is 0.727. The number of ether oxygens (including phenoxy) is 3. The van der Waals surface area contributed by atoms with E-state index in [1.165, 1.54) is 13.2 Å². The fourth-order valence-electron chi connectivity index (χ4n) is 1.77. The highest BCUT2D eigenvalue weighted by atomic mass is 16.7. The Morgan fingerprint density at radius 2 is 2.42 bits per heavy atom. The van der Waals surface area contributed by atoms with E-state index in [-0.39, 0.29) is 19.8 Å². The Hall–Kier alpha value is -1.60. The monoisotopic (exact) mass is 271 g/mol. The summed E-state index contributed by atoms with van der Waals surface area (Å²) in [5.41, 5.74) is 8.80. The van der Waals surface area contributed by atoms with Gasteiger partial charge in [-0.1, -0.05) is 5.11 Å². The van der Waals surface area contributed by atoms with E-state index in [2.05, 4.69) is 10.0 Å². The van der Waals surface area contributed by atoms with Crippen molar-refractivity contribution in [3.8, 4) is 0 Å². The van der Waals surface area contributed by atoms with E-state index in [0.717, 1.165) is 0 Å². The summed E-state index contributed by atoms with van der Waals surface area (Å²) in [6.07, 6.45) is -0.199. The summed E-state index contributed by atoms with van der Waals surface area (Å²) in [4.78, 5) is 14.3. The quantitative estimate of drug-likeness (QED) is 0.253. The predicted octanol–water partition coefficient (Wildman–Crippen LogP) is 0.908. The van der Waals surface area contributed by atoms with E-state index in [1.807, 2.05) is 0 Å². The molecule has 0 fully saturated rings. The molecule has 19 heavy (non-hydrogen) atoms. The highest BCUT2D eigenvalue weighted by Crippen LogP contribution is 2.25. The van der Waals surface area contributed by atoms with E-state index in [9.17, 15) is 9.90 Å². The van der Waals surface area contributed by atoms with Crippen molar-refractivity contribution in [3.63, 3.8) is 0 Å². The second-order valence-corrected chi connectivity index (χ2v) is 3.92. The molecule has 0 amide bonds. The molecular formula is C11H17N3O5. The van der Waals surface area contributed by atoms with Crippen molar-refractivity contribution >= 4 is 5.97 Å². The summed E-state index contributed by atoms with van der Waals surface area (Å²) >= 11 is 0. The first-order valence-electron chi connectivity index (χ1n) is 5.84. The van der Waals surface area contributed by atoms with Gasteiger partial charge in [-0.2, -0.15) is 0 Å². The van der Waals surface area contributed by atoms with Crippen molar-refractivity contribution in [1.29, 1.82) is 0 Å². The number of carbonyl (C=O) groups excluding carboxylic acids is 1. The Morgan fingerprint density at radius 1 is 1.68 bits per heavy atom. The van der Waals surface area contributed by atoms with Crippen molar-refractivity contribution in [2.24, 2.45) is 5.11 Å². The first-order valence-corrected chi connectivity index (χ1v) is 5.84. The van der Waals surface area contributed by atoms with E-state index >= 15 is 0 Å². The molecule has 1 aliphatic carbocycles. The predicted molar refractivity (Wildman–Crippen MR) is 65.0 cm³/mol. The van der Waals surface area contributed by atoms with Gasteiger partial charge in [0.25, 0.3) is 0 Å². The lowest BCUT2D eigenvalue weighted by Crippen LogP contribution is -2.41.